The Balaban J connectivity index is 2.05. The van der Waals surface area contributed by atoms with E-state index in [9.17, 15) is 8.42 Å². The SMILES string of the molecule is COC1(CNS(=O)(=O)c2ccccc2)CCSCC1. The minimum atomic E-state index is -3.44. The van der Waals surface area contributed by atoms with Gasteiger partial charge in [0.05, 0.1) is 10.5 Å². The van der Waals surface area contributed by atoms with E-state index >= 15 is 0 Å². The minimum Gasteiger partial charge on any atom is -0.377 e. The molecule has 19 heavy (non-hydrogen) atoms. The van der Waals surface area contributed by atoms with Crippen molar-refractivity contribution < 1.29 is 13.2 Å². The van der Waals surface area contributed by atoms with Crippen molar-refractivity contribution in [3.05, 3.63) is 30.3 Å². The van der Waals surface area contributed by atoms with Crippen LogP contribution < -0.4 is 4.72 Å². The lowest BCUT2D eigenvalue weighted by Gasteiger charge is -2.35. The first-order valence-electron chi connectivity index (χ1n) is 6.26. The molecule has 0 unspecified atom stereocenters. The monoisotopic (exact) mass is 301 g/mol. The summed E-state index contributed by atoms with van der Waals surface area (Å²) in [7, 11) is -1.79. The van der Waals surface area contributed by atoms with E-state index in [0.29, 0.717) is 11.4 Å². The predicted molar refractivity (Wildman–Crippen MR) is 77.9 cm³/mol. The summed E-state index contributed by atoms with van der Waals surface area (Å²) in [5.74, 6) is 2.03. The maximum Gasteiger partial charge on any atom is 0.240 e. The third-order valence-electron chi connectivity index (χ3n) is 3.47. The van der Waals surface area contributed by atoms with E-state index in [4.69, 9.17) is 4.74 Å². The molecule has 0 spiro atoms. The Labute approximate surface area is 119 Å². The van der Waals surface area contributed by atoms with Gasteiger partial charge in [0.15, 0.2) is 0 Å². The highest BCUT2D eigenvalue weighted by atomic mass is 32.2. The molecule has 2 rings (SSSR count). The molecule has 1 aliphatic rings. The quantitative estimate of drug-likeness (QED) is 0.902. The fourth-order valence-electron chi connectivity index (χ4n) is 2.11. The van der Waals surface area contributed by atoms with E-state index in [1.54, 1.807) is 37.4 Å². The summed E-state index contributed by atoms with van der Waals surface area (Å²) in [6.45, 7) is 0.335. The van der Waals surface area contributed by atoms with Crippen LogP contribution in [0.25, 0.3) is 0 Å². The molecule has 1 fully saturated rings. The fraction of sp³-hybridized carbons (Fsp3) is 0.538. The lowest BCUT2D eigenvalue weighted by molar-refractivity contribution is -0.0119. The Morgan fingerprint density at radius 1 is 1.26 bits per heavy atom. The maximum atomic E-state index is 12.2. The summed E-state index contributed by atoms with van der Waals surface area (Å²) in [5.41, 5.74) is -0.354. The van der Waals surface area contributed by atoms with Gasteiger partial charge in [0.2, 0.25) is 10.0 Å². The van der Waals surface area contributed by atoms with E-state index in [1.807, 2.05) is 11.8 Å². The molecule has 0 aromatic heterocycles. The number of ether oxygens (including phenoxy) is 1. The van der Waals surface area contributed by atoms with Crippen LogP contribution in [0.5, 0.6) is 0 Å². The first kappa shape index (κ1) is 14.8. The van der Waals surface area contributed by atoms with Crippen molar-refractivity contribution in [3.63, 3.8) is 0 Å². The summed E-state index contributed by atoms with van der Waals surface area (Å²) < 4.78 is 32.6. The van der Waals surface area contributed by atoms with Crippen molar-refractivity contribution in [2.75, 3.05) is 25.2 Å². The van der Waals surface area contributed by atoms with E-state index in [2.05, 4.69) is 4.72 Å². The molecule has 1 N–H and O–H groups in total. The number of hydrogen-bond donors (Lipinski definition) is 1. The highest BCUT2D eigenvalue weighted by Crippen LogP contribution is 2.29. The first-order chi connectivity index (χ1) is 9.08. The lowest BCUT2D eigenvalue weighted by Crippen LogP contribution is -2.46. The summed E-state index contributed by atoms with van der Waals surface area (Å²) in [4.78, 5) is 0.298. The molecule has 0 radical (unpaired) electrons. The average Bonchev–Trinajstić information content (AvgIpc) is 2.47. The lowest BCUT2D eigenvalue weighted by atomic mass is 9.97. The topological polar surface area (TPSA) is 55.4 Å². The van der Waals surface area contributed by atoms with Gasteiger partial charge in [-0.15, -0.1) is 0 Å². The second-order valence-corrected chi connectivity index (χ2v) is 7.63. The van der Waals surface area contributed by atoms with Gasteiger partial charge >= 0.3 is 0 Å². The van der Waals surface area contributed by atoms with Gasteiger partial charge in [0, 0.05) is 13.7 Å². The van der Waals surface area contributed by atoms with Gasteiger partial charge in [-0.2, -0.15) is 11.8 Å². The zero-order valence-electron chi connectivity index (χ0n) is 11.0. The van der Waals surface area contributed by atoms with Crippen molar-refractivity contribution in [1.82, 2.24) is 4.72 Å². The number of methoxy groups -OCH3 is 1. The van der Waals surface area contributed by atoms with Crippen LogP contribution in [-0.2, 0) is 14.8 Å². The molecule has 4 nitrogen and oxygen atoms in total. The smallest absolute Gasteiger partial charge is 0.240 e. The van der Waals surface area contributed by atoms with Crippen LogP contribution in [0.4, 0.5) is 0 Å². The van der Waals surface area contributed by atoms with E-state index in [-0.39, 0.29) is 5.60 Å². The Hall–Kier alpha value is -0.560. The fourth-order valence-corrected chi connectivity index (χ4v) is 4.48. The third kappa shape index (κ3) is 3.72. The number of benzene rings is 1. The zero-order chi connectivity index (χ0) is 13.8. The largest absolute Gasteiger partial charge is 0.377 e. The van der Waals surface area contributed by atoms with Crippen LogP contribution in [-0.4, -0.2) is 39.2 Å². The van der Waals surface area contributed by atoms with E-state index < -0.39 is 10.0 Å². The van der Waals surface area contributed by atoms with Gasteiger partial charge in [-0.05, 0) is 36.5 Å². The molecule has 0 bridgehead atoms. The van der Waals surface area contributed by atoms with Crippen LogP contribution in [0.15, 0.2) is 35.2 Å². The van der Waals surface area contributed by atoms with Crippen LogP contribution >= 0.6 is 11.8 Å². The summed E-state index contributed by atoms with van der Waals surface area (Å²) in [6, 6.07) is 8.43. The van der Waals surface area contributed by atoms with Crippen molar-refractivity contribution in [2.24, 2.45) is 0 Å². The predicted octanol–water partition coefficient (Wildman–Crippen LogP) is 1.88. The number of rotatable bonds is 5. The van der Waals surface area contributed by atoms with E-state index in [0.717, 1.165) is 24.3 Å². The van der Waals surface area contributed by atoms with Crippen molar-refractivity contribution in [3.8, 4) is 0 Å². The summed E-state index contributed by atoms with van der Waals surface area (Å²) in [6.07, 6.45) is 1.76. The van der Waals surface area contributed by atoms with Gasteiger partial charge in [0.1, 0.15) is 0 Å². The third-order valence-corrected chi connectivity index (χ3v) is 5.88. The number of hydrogen-bond acceptors (Lipinski definition) is 4. The highest BCUT2D eigenvalue weighted by molar-refractivity contribution is 7.99. The number of thioether (sulfide) groups is 1. The van der Waals surface area contributed by atoms with Crippen molar-refractivity contribution in [2.45, 2.75) is 23.3 Å². The number of nitrogens with one attached hydrogen (secondary N) is 1. The Kier molecular flexibility index (Phi) is 4.89. The van der Waals surface area contributed by atoms with Crippen molar-refractivity contribution >= 4 is 21.8 Å². The van der Waals surface area contributed by atoms with Gasteiger partial charge in [-0.3, -0.25) is 0 Å². The van der Waals surface area contributed by atoms with E-state index in [1.165, 1.54) is 0 Å². The molecule has 0 atom stereocenters. The number of sulfonamides is 1. The molecule has 6 heteroatoms. The Morgan fingerprint density at radius 2 is 1.89 bits per heavy atom. The van der Waals surface area contributed by atoms with Crippen LogP contribution in [0.1, 0.15) is 12.8 Å². The van der Waals surface area contributed by atoms with Gasteiger partial charge in [-0.25, -0.2) is 13.1 Å². The maximum absolute atomic E-state index is 12.2. The molecule has 106 valence electrons. The minimum absolute atomic E-state index is 0.298. The Bertz CT molecular complexity index is 496. The van der Waals surface area contributed by atoms with Crippen LogP contribution in [0.2, 0.25) is 0 Å². The van der Waals surface area contributed by atoms with Crippen molar-refractivity contribution in [1.29, 1.82) is 0 Å². The normalized spacial score (nSPS) is 19.2. The zero-order valence-corrected chi connectivity index (χ0v) is 12.6. The molecule has 1 aromatic carbocycles. The van der Waals surface area contributed by atoms with Gasteiger partial charge in [0.25, 0.3) is 0 Å². The highest BCUT2D eigenvalue weighted by Gasteiger charge is 2.33. The molecule has 0 amide bonds. The molecule has 1 heterocycles. The second-order valence-electron chi connectivity index (χ2n) is 4.64. The molecular formula is C13H19NO3S2. The van der Waals surface area contributed by atoms with Gasteiger partial charge < -0.3 is 4.74 Å². The Morgan fingerprint density at radius 3 is 2.47 bits per heavy atom. The molecule has 1 saturated heterocycles. The van der Waals surface area contributed by atoms with Gasteiger partial charge in [-0.1, -0.05) is 18.2 Å². The van der Waals surface area contributed by atoms with Crippen LogP contribution in [0, 0.1) is 0 Å². The molecule has 0 saturated carbocycles. The first-order valence-corrected chi connectivity index (χ1v) is 8.89. The van der Waals surface area contributed by atoms with Crippen LogP contribution in [0.3, 0.4) is 0 Å². The molecular weight excluding hydrogens is 282 g/mol. The standard InChI is InChI=1S/C13H19NO3S2/c1-17-13(7-9-18-10-8-13)11-14-19(15,16)12-5-3-2-4-6-12/h2-6,14H,7-11H2,1H3. The molecule has 0 aliphatic carbocycles. The molecule has 1 aromatic rings. The summed E-state index contributed by atoms with van der Waals surface area (Å²) in [5, 5.41) is 0. The summed E-state index contributed by atoms with van der Waals surface area (Å²) >= 11 is 1.89. The average molecular weight is 301 g/mol. The molecule has 1 aliphatic heterocycles. The second kappa shape index (κ2) is 6.26.